The lowest BCUT2D eigenvalue weighted by Crippen LogP contribution is -2.32. The van der Waals surface area contributed by atoms with E-state index < -0.39 is 0 Å². The minimum Gasteiger partial charge on any atom is -0.356 e. The molecular formula is C18H29N3O2. The molecule has 2 amide bonds. The van der Waals surface area contributed by atoms with Crippen LogP contribution in [0.4, 0.5) is 0 Å². The number of carbonyl (C=O) groups is 2. The van der Waals surface area contributed by atoms with Crippen LogP contribution >= 0.6 is 0 Å². The summed E-state index contributed by atoms with van der Waals surface area (Å²) in [5.41, 5.74) is 2.11. The van der Waals surface area contributed by atoms with Crippen molar-refractivity contribution >= 4 is 11.8 Å². The molecule has 2 N–H and O–H groups in total. The molecule has 1 aromatic rings. The topological polar surface area (TPSA) is 71.1 Å². The lowest BCUT2D eigenvalue weighted by atomic mass is 10.0. The number of nitrogens with one attached hydrogen (secondary N) is 2. The first kappa shape index (κ1) is 19.1. The van der Waals surface area contributed by atoms with Crippen LogP contribution in [0.5, 0.6) is 0 Å². The molecule has 0 spiro atoms. The van der Waals surface area contributed by atoms with Crippen molar-refractivity contribution in [2.45, 2.75) is 47.6 Å². The first-order valence-corrected chi connectivity index (χ1v) is 8.27. The molecule has 0 aliphatic rings. The van der Waals surface area contributed by atoms with Crippen molar-refractivity contribution in [2.24, 2.45) is 17.8 Å². The van der Waals surface area contributed by atoms with Gasteiger partial charge < -0.3 is 10.6 Å². The molecule has 1 atom stereocenters. The van der Waals surface area contributed by atoms with Gasteiger partial charge in [-0.05, 0) is 23.5 Å². The highest BCUT2D eigenvalue weighted by Gasteiger charge is 2.10. The SMILES string of the molecule is CC(CNC(=O)C(C)C)Cc1cncc(CNC(=O)C(C)C)c1. The third-order valence-electron chi connectivity index (χ3n) is 3.58. The van der Waals surface area contributed by atoms with E-state index >= 15 is 0 Å². The Morgan fingerprint density at radius 1 is 0.957 bits per heavy atom. The molecule has 0 aliphatic heterocycles. The van der Waals surface area contributed by atoms with Crippen molar-refractivity contribution < 1.29 is 9.59 Å². The van der Waals surface area contributed by atoms with Crippen LogP contribution < -0.4 is 10.6 Å². The molecule has 5 nitrogen and oxygen atoms in total. The Bertz CT molecular complexity index is 527. The maximum atomic E-state index is 11.6. The van der Waals surface area contributed by atoms with Crippen molar-refractivity contribution in [3.8, 4) is 0 Å². The van der Waals surface area contributed by atoms with Crippen molar-refractivity contribution in [1.29, 1.82) is 0 Å². The van der Waals surface area contributed by atoms with E-state index in [1.165, 1.54) is 0 Å². The van der Waals surface area contributed by atoms with Gasteiger partial charge in [0.1, 0.15) is 0 Å². The predicted molar refractivity (Wildman–Crippen MR) is 91.6 cm³/mol. The third-order valence-corrected chi connectivity index (χ3v) is 3.58. The van der Waals surface area contributed by atoms with Gasteiger partial charge in [0.15, 0.2) is 0 Å². The van der Waals surface area contributed by atoms with Crippen LogP contribution in [0.1, 0.15) is 45.7 Å². The fourth-order valence-corrected chi connectivity index (χ4v) is 2.10. The minimum absolute atomic E-state index is 0.0109. The third kappa shape index (κ3) is 7.26. The Balaban J connectivity index is 2.49. The molecule has 1 heterocycles. The van der Waals surface area contributed by atoms with E-state index in [0.29, 0.717) is 19.0 Å². The first-order valence-electron chi connectivity index (χ1n) is 8.27. The molecule has 1 aromatic heterocycles. The fourth-order valence-electron chi connectivity index (χ4n) is 2.10. The summed E-state index contributed by atoms with van der Waals surface area (Å²) in [5.74, 6) is 0.452. The number of rotatable bonds is 8. The zero-order chi connectivity index (χ0) is 17.4. The summed E-state index contributed by atoms with van der Waals surface area (Å²) in [4.78, 5) is 27.5. The monoisotopic (exact) mass is 319 g/mol. The van der Waals surface area contributed by atoms with E-state index in [4.69, 9.17) is 0 Å². The van der Waals surface area contributed by atoms with Gasteiger partial charge in [0.05, 0.1) is 0 Å². The van der Waals surface area contributed by atoms with E-state index in [1.807, 2.05) is 33.9 Å². The molecule has 23 heavy (non-hydrogen) atoms. The minimum atomic E-state index is -0.0178. The summed E-state index contributed by atoms with van der Waals surface area (Å²) in [7, 11) is 0. The maximum Gasteiger partial charge on any atom is 0.222 e. The summed E-state index contributed by atoms with van der Waals surface area (Å²) in [6.07, 6.45) is 4.46. The summed E-state index contributed by atoms with van der Waals surface area (Å²) in [6.45, 7) is 10.8. The van der Waals surface area contributed by atoms with Gasteiger partial charge in [-0.15, -0.1) is 0 Å². The predicted octanol–water partition coefficient (Wildman–Crippen LogP) is 2.30. The Labute approximate surface area is 139 Å². The Morgan fingerprint density at radius 3 is 2.13 bits per heavy atom. The number of carbonyl (C=O) groups excluding carboxylic acids is 2. The van der Waals surface area contributed by atoms with Crippen molar-refractivity contribution in [2.75, 3.05) is 6.54 Å². The molecular weight excluding hydrogens is 290 g/mol. The number of aromatic nitrogens is 1. The normalized spacial score (nSPS) is 12.3. The van der Waals surface area contributed by atoms with E-state index in [9.17, 15) is 9.59 Å². The Hall–Kier alpha value is -1.91. The van der Waals surface area contributed by atoms with Crippen LogP contribution in [0.3, 0.4) is 0 Å². The lowest BCUT2D eigenvalue weighted by Gasteiger charge is -2.14. The standard InChI is InChI=1S/C18H29N3O2/c1-12(2)17(22)20-8-14(5)6-15-7-16(10-19-9-15)11-21-18(23)13(3)4/h7,9-10,12-14H,6,8,11H2,1-5H3,(H,20,22)(H,21,23). The van der Waals surface area contributed by atoms with E-state index in [0.717, 1.165) is 17.5 Å². The van der Waals surface area contributed by atoms with Gasteiger partial charge in [0.25, 0.3) is 0 Å². The zero-order valence-corrected chi connectivity index (χ0v) is 14.8. The average molecular weight is 319 g/mol. The Kier molecular flexibility index (Phi) is 7.72. The van der Waals surface area contributed by atoms with Gasteiger partial charge in [0, 0.05) is 37.3 Å². The fraction of sp³-hybridized carbons (Fsp3) is 0.611. The molecule has 0 radical (unpaired) electrons. The number of hydrogen-bond donors (Lipinski definition) is 2. The number of hydrogen-bond acceptors (Lipinski definition) is 3. The second-order valence-corrected chi connectivity index (χ2v) is 6.78. The molecule has 1 unspecified atom stereocenters. The molecule has 0 bridgehead atoms. The smallest absolute Gasteiger partial charge is 0.222 e. The first-order chi connectivity index (χ1) is 10.8. The molecule has 0 fully saturated rings. The largest absolute Gasteiger partial charge is 0.356 e. The highest BCUT2D eigenvalue weighted by Crippen LogP contribution is 2.09. The van der Waals surface area contributed by atoms with Crippen molar-refractivity contribution in [3.63, 3.8) is 0 Å². The van der Waals surface area contributed by atoms with Gasteiger partial charge in [-0.3, -0.25) is 14.6 Å². The van der Waals surface area contributed by atoms with Gasteiger partial charge >= 0.3 is 0 Å². The second-order valence-electron chi connectivity index (χ2n) is 6.78. The molecule has 128 valence electrons. The van der Waals surface area contributed by atoms with E-state index in [1.54, 1.807) is 6.20 Å². The average Bonchev–Trinajstić information content (AvgIpc) is 2.50. The van der Waals surface area contributed by atoms with Gasteiger partial charge in [-0.25, -0.2) is 0 Å². The van der Waals surface area contributed by atoms with E-state index in [2.05, 4.69) is 28.6 Å². The van der Waals surface area contributed by atoms with Crippen LogP contribution in [0, 0.1) is 17.8 Å². The van der Waals surface area contributed by atoms with Crippen molar-refractivity contribution in [1.82, 2.24) is 15.6 Å². The molecule has 0 saturated heterocycles. The number of nitrogens with zero attached hydrogens (tertiary/aromatic N) is 1. The lowest BCUT2D eigenvalue weighted by molar-refractivity contribution is -0.124. The summed E-state index contributed by atoms with van der Waals surface area (Å²) in [6, 6.07) is 2.06. The highest BCUT2D eigenvalue weighted by atomic mass is 16.2. The second kappa shape index (κ2) is 9.28. The summed E-state index contributed by atoms with van der Waals surface area (Å²) >= 11 is 0. The summed E-state index contributed by atoms with van der Waals surface area (Å²) < 4.78 is 0. The molecule has 0 saturated carbocycles. The van der Waals surface area contributed by atoms with E-state index in [-0.39, 0.29) is 23.7 Å². The maximum absolute atomic E-state index is 11.6. The quantitative estimate of drug-likeness (QED) is 0.772. The number of amides is 2. The van der Waals surface area contributed by atoms with Crippen LogP contribution in [0.2, 0.25) is 0 Å². The van der Waals surface area contributed by atoms with Crippen LogP contribution in [-0.2, 0) is 22.6 Å². The van der Waals surface area contributed by atoms with Crippen LogP contribution in [0.25, 0.3) is 0 Å². The van der Waals surface area contributed by atoms with Crippen molar-refractivity contribution in [3.05, 3.63) is 29.6 Å². The molecule has 0 aliphatic carbocycles. The highest BCUT2D eigenvalue weighted by molar-refractivity contribution is 5.78. The summed E-state index contributed by atoms with van der Waals surface area (Å²) in [5, 5.41) is 5.85. The molecule has 0 aromatic carbocycles. The number of pyridine rings is 1. The zero-order valence-electron chi connectivity index (χ0n) is 14.8. The molecule has 5 heteroatoms. The van der Waals surface area contributed by atoms with Gasteiger partial charge in [-0.1, -0.05) is 40.7 Å². The van der Waals surface area contributed by atoms with Crippen LogP contribution in [0.15, 0.2) is 18.5 Å². The Morgan fingerprint density at radius 2 is 1.52 bits per heavy atom. The van der Waals surface area contributed by atoms with Gasteiger partial charge in [-0.2, -0.15) is 0 Å². The van der Waals surface area contributed by atoms with Gasteiger partial charge in [0.2, 0.25) is 11.8 Å². The molecule has 1 rings (SSSR count). The van der Waals surface area contributed by atoms with Crippen LogP contribution in [-0.4, -0.2) is 23.3 Å².